The van der Waals surface area contributed by atoms with Gasteiger partial charge in [-0.05, 0) is 38.7 Å². The van der Waals surface area contributed by atoms with Crippen LogP contribution in [-0.4, -0.2) is 27.9 Å². The molecule has 130 valence electrons. The van der Waals surface area contributed by atoms with Gasteiger partial charge in [0, 0.05) is 6.54 Å². The van der Waals surface area contributed by atoms with Gasteiger partial charge in [-0.1, -0.05) is 31.0 Å². The summed E-state index contributed by atoms with van der Waals surface area (Å²) < 4.78 is 10.9. The molecule has 0 unspecified atom stereocenters. The van der Waals surface area contributed by atoms with E-state index in [2.05, 4.69) is 15.5 Å². The van der Waals surface area contributed by atoms with E-state index in [-0.39, 0.29) is 11.2 Å². The van der Waals surface area contributed by atoms with Gasteiger partial charge in [0.2, 0.25) is 5.91 Å². The van der Waals surface area contributed by atoms with Gasteiger partial charge in [-0.2, -0.15) is 0 Å². The SMILES string of the molecule is Cc1occc1-c1nnc(S[C@@H](C)C(=O)NCC2CCCCC2)o1. The molecular weight excluding hydrogens is 326 g/mol. The quantitative estimate of drug-likeness (QED) is 0.799. The van der Waals surface area contributed by atoms with Gasteiger partial charge < -0.3 is 14.2 Å². The number of rotatable bonds is 6. The summed E-state index contributed by atoms with van der Waals surface area (Å²) in [7, 11) is 0. The van der Waals surface area contributed by atoms with E-state index < -0.39 is 0 Å². The molecule has 2 aromatic rings. The summed E-state index contributed by atoms with van der Waals surface area (Å²) in [6, 6.07) is 1.79. The molecule has 1 aliphatic carbocycles. The number of aryl methyl sites for hydroxylation is 1. The molecule has 6 nitrogen and oxygen atoms in total. The minimum atomic E-state index is -0.271. The Balaban J connectivity index is 1.51. The Bertz CT molecular complexity index is 676. The van der Waals surface area contributed by atoms with Crippen molar-refractivity contribution in [3.05, 3.63) is 18.1 Å². The Kier molecular flexibility index (Phi) is 5.60. The number of nitrogens with zero attached hydrogens (tertiary/aromatic N) is 2. The van der Waals surface area contributed by atoms with Gasteiger partial charge in [0.05, 0.1) is 17.1 Å². The van der Waals surface area contributed by atoms with Crippen molar-refractivity contribution in [2.45, 2.75) is 56.4 Å². The molecule has 7 heteroatoms. The van der Waals surface area contributed by atoms with Gasteiger partial charge in [0.1, 0.15) is 5.76 Å². The van der Waals surface area contributed by atoms with Crippen LogP contribution in [-0.2, 0) is 4.79 Å². The van der Waals surface area contributed by atoms with Crippen molar-refractivity contribution in [3.63, 3.8) is 0 Å². The molecule has 1 amide bonds. The smallest absolute Gasteiger partial charge is 0.277 e. The van der Waals surface area contributed by atoms with E-state index in [0.717, 1.165) is 17.9 Å². The summed E-state index contributed by atoms with van der Waals surface area (Å²) in [5, 5.41) is 11.2. The standard InChI is InChI=1S/C17H23N3O3S/c1-11-14(8-9-22-11)16-19-20-17(23-16)24-12(2)15(21)18-10-13-6-4-3-5-7-13/h8-9,12-13H,3-7,10H2,1-2H3,(H,18,21)/t12-/m0/s1. The molecule has 0 aliphatic heterocycles. The van der Waals surface area contributed by atoms with Crippen molar-refractivity contribution in [1.29, 1.82) is 0 Å². The molecule has 1 atom stereocenters. The Hall–Kier alpha value is -1.76. The number of carbonyl (C=O) groups excluding carboxylic acids is 1. The lowest BCUT2D eigenvalue weighted by Gasteiger charge is -2.22. The normalized spacial score (nSPS) is 16.9. The molecule has 1 N–H and O–H groups in total. The maximum Gasteiger partial charge on any atom is 0.277 e. The van der Waals surface area contributed by atoms with Gasteiger partial charge in [-0.3, -0.25) is 4.79 Å². The molecule has 3 rings (SSSR count). The fraction of sp³-hybridized carbons (Fsp3) is 0.588. The van der Waals surface area contributed by atoms with Crippen molar-refractivity contribution in [3.8, 4) is 11.5 Å². The number of hydrogen-bond donors (Lipinski definition) is 1. The highest BCUT2D eigenvalue weighted by Gasteiger charge is 2.21. The maximum atomic E-state index is 12.2. The number of aromatic nitrogens is 2. The number of thioether (sulfide) groups is 1. The van der Waals surface area contributed by atoms with Crippen LogP contribution in [0.3, 0.4) is 0 Å². The molecule has 1 fully saturated rings. The van der Waals surface area contributed by atoms with Crippen LogP contribution in [0.2, 0.25) is 0 Å². The van der Waals surface area contributed by atoms with Gasteiger partial charge in [-0.25, -0.2) is 0 Å². The molecule has 2 aromatic heterocycles. The second-order valence-corrected chi connectivity index (χ2v) is 7.56. The van der Waals surface area contributed by atoms with Crippen molar-refractivity contribution in [2.75, 3.05) is 6.54 Å². The van der Waals surface area contributed by atoms with Gasteiger partial charge in [0.15, 0.2) is 0 Å². The number of amides is 1. The zero-order valence-corrected chi connectivity index (χ0v) is 14.9. The predicted molar refractivity (Wildman–Crippen MR) is 91.6 cm³/mol. The Morgan fingerprint density at radius 3 is 2.88 bits per heavy atom. The first-order valence-electron chi connectivity index (χ1n) is 8.46. The summed E-state index contributed by atoms with van der Waals surface area (Å²) in [4.78, 5) is 12.2. The number of furan rings is 1. The first kappa shape index (κ1) is 17.1. The van der Waals surface area contributed by atoms with Crippen LogP contribution < -0.4 is 5.32 Å². The fourth-order valence-corrected chi connectivity index (χ4v) is 3.67. The molecule has 0 bridgehead atoms. The molecule has 24 heavy (non-hydrogen) atoms. The highest BCUT2D eigenvalue weighted by Crippen LogP contribution is 2.28. The van der Waals surface area contributed by atoms with Gasteiger partial charge in [0.25, 0.3) is 11.1 Å². The van der Waals surface area contributed by atoms with Crippen LogP contribution in [0.25, 0.3) is 11.5 Å². The fourth-order valence-electron chi connectivity index (χ4n) is 2.96. The minimum absolute atomic E-state index is 0.0183. The van der Waals surface area contributed by atoms with E-state index in [0.29, 0.717) is 17.0 Å². The van der Waals surface area contributed by atoms with Crippen molar-refractivity contribution >= 4 is 17.7 Å². The number of hydrogen-bond acceptors (Lipinski definition) is 6. The number of nitrogens with one attached hydrogen (secondary N) is 1. The van der Waals surface area contributed by atoms with Gasteiger partial charge >= 0.3 is 0 Å². The third-order valence-corrected chi connectivity index (χ3v) is 5.37. The second kappa shape index (κ2) is 7.88. The first-order chi connectivity index (χ1) is 11.6. The van der Waals surface area contributed by atoms with Crippen LogP contribution in [0.5, 0.6) is 0 Å². The van der Waals surface area contributed by atoms with E-state index in [1.807, 2.05) is 13.8 Å². The Labute approximate surface area is 145 Å². The number of carbonyl (C=O) groups is 1. The third kappa shape index (κ3) is 4.20. The van der Waals surface area contributed by atoms with Gasteiger partial charge in [-0.15, -0.1) is 10.2 Å². The largest absolute Gasteiger partial charge is 0.469 e. The lowest BCUT2D eigenvalue weighted by atomic mass is 9.89. The summed E-state index contributed by atoms with van der Waals surface area (Å²) >= 11 is 1.28. The Morgan fingerprint density at radius 2 is 2.17 bits per heavy atom. The highest BCUT2D eigenvalue weighted by molar-refractivity contribution is 8.00. The minimum Gasteiger partial charge on any atom is -0.469 e. The highest BCUT2D eigenvalue weighted by atomic mass is 32.2. The van der Waals surface area contributed by atoms with E-state index >= 15 is 0 Å². The molecule has 2 heterocycles. The summed E-state index contributed by atoms with van der Waals surface area (Å²) in [5.74, 6) is 1.79. The second-order valence-electron chi connectivity index (χ2n) is 6.27. The molecule has 0 saturated heterocycles. The lowest BCUT2D eigenvalue weighted by molar-refractivity contribution is -0.120. The van der Waals surface area contributed by atoms with Crippen LogP contribution in [0.4, 0.5) is 0 Å². The van der Waals surface area contributed by atoms with Crippen LogP contribution in [0.15, 0.2) is 26.4 Å². The van der Waals surface area contributed by atoms with Crippen molar-refractivity contribution in [1.82, 2.24) is 15.5 Å². The molecule has 1 aliphatic rings. The lowest BCUT2D eigenvalue weighted by Crippen LogP contribution is -2.35. The monoisotopic (exact) mass is 349 g/mol. The van der Waals surface area contributed by atoms with Crippen LogP contribution >= 0.6 is 11.8 Å². The average Bonchev–Trinajstić information content (AvgIpc) is 3.22. The zero-order chi connectivity index (χ0) is 16.9. The molecule has 0 radical (unpaired) electrons. The molecule has 0 spiro atoms. The summed E-state index contributed by atoms with van der Waals surface area (Å²) in [5.41, 5.74) is 0.781. The molecule has 1 saturated carbocycles. The van der Waals surface area contributed by atoms with E-state index in [1.165, 1.54) is 43.9 Å². The van der Waals surface area contributed by atoms with Crippen LogP contribution in [0, 0.1) is 12.8 Å². The van der Waals surface area contributed by atoms with E-state index in [4.69, 9.17) is 8.83 Å². The van der Waals surface area contributed by atoms with Crippen molar-refractivity contribution < 1.29 is 13.6 Å². The maximum absolute atomic E-state index is 12.2. The predicted octanol–water partition coefficient (Wildman–Crippen LogP) is 3.82. The third-order valence-electron chi connectivity index (χ3n) is 4.43. The van der Waals surface area contributed by atoms with Crippen molar-refractivity contribution in [2.24, 2.45) is 5.92 Å². The first-order valence-corrected chi connectivity index (χ1v) is 9.34. The summed E-state index contributed by atoms with van der Waals surface area (Å²) in [6.07, 6.45) is 7.92. The zero-order valence-electron chi connectivity index (χ0n) is 14.1. The van der Waals surface area contributed by atoms with E-state index in [9.17, 15) is 4.79 Å². The average molecular weight is 349 g/mol. The molecule has 0 aromatic carbocycles. The summed E-state index contributed by atoms with van der Waals surface area (Å²) in [6.45, 7) is 4.47. The van der Waals surface area contributed by atoms with E-state index in [1.54, 1.807) is 12.3 Å². The molecular formula is C17H23N3O3S. The Morgan fingerprint density at radius 1 is 1.38 bits per heavy atom. The van der Waals surface area contributed by atoms with Crippen LogP contribution in [0.1, 0.15) is 44.8 Å². The topological polar surface area (TPSA) is 81.2 Å².